The number of amides is 10. The smallest absolute Gasteiger partial charge is 0.358 e. The number of carbonyl (C=O) groups excluding carboxylic acids is 11. The number of hydrogen-bond acceptors (Lipinski definition) is 16. The maximum absolute atomic E-state index is 15.4. The Morgan fingerprint density at radius 3 is 1.42 bits per heavy atom. The molecule has 0 bridgehead atoms. The molecule has 1 saturated heterocycles. The van der Waals surface area contributed by atoms with Crippen LogP contribution in [0.1, 0.15) is 163 Å². The van der Waals surface area contributed by atoms with E-state index in [1.165, 1.54) is 75.7 Å². The van der Waals surface area contributed by atoms with Gasteiger partial charge in [0.15, 0.2) is 6.10 Å². The van der Waals surface area contributed by atoms with Crippen LogP contribution in [0.15, 0.2) is 42.5 Å². The first-order valence-corrected chi connectivity index (χ1v) is 34.6. The molecule has 0 saturated carbocycles. The molecule has 548 valence electrons. The van der Waals surface area contributed by atoms with Crippen LogP contribution in [0, 0.1) is 47.3 Å². The summed E-state index contributed by atoms with van der Waals surface area (Å²) in [5.41, 5.74) is 0. The second-order valence-corrected chi connectivity index (χ2v) is 29.4. The Morgan fingerprint density at radius 2 is 0.979 bits per heavy atom. The Hall–Kier alpha value is -7.22. The van der Waals surface area contributed by atoms with Gasteiger partial charge in [-0.1, -0.05) is 134 Å². The molecule has 1 aromatic rings. The van der Waals surface area contributed by atoms with Crippen LogP contribution in [0.4, 0.5) is 0 Å². The van der Waals surface area contributed by atoms with Crippen molar-refractivity contribution in [3.8, 4) is 5.75 Å². The van der Waals surface area contributed by atoms with Gasteiger partial charge >= 0.3 is 11.2 Å². The summed E-state index contributed by atoms with van der Waals surface area (Å²) >= 11 is 5.50. The van der Waals surface area contributed by atoms with E-state index in [1.54, 1.807) is 84.0 Å². The molecular weight excluding hydrogens is 1260 g/mol. The number of rotatable bonds is 19. The minimum Gasteiger partial charge on any atom is -0.451 e. The average molecular weight is 1380 g/mol. The standard InChI is InChI=1S/C71H118N10O15S/c1-25-26-30-46(16)59(83)58-64(87)75-56(48(18)94-71(97)95-49-31-28-27-29-32-49)67(90)76(19)38-55(82)77(20)52(35-41(6)7)62(85)73-50(33-39(2)3)65(88)78(21)53(36-42(8)9)61(84)72-47(17)70(93)96-60(45(14)15)69(92)79(22)54(37-43(10)11)63(86)74-51(34-40(4)5)66(89)80(23)57(44(12)13)68(91)81(58)24/h25-29,31-32,39-48,50-54,56-60,83H,30,33-38H2,1-24H3,(H,72,84)(H,73,85)(H,74,86)(H,75,87)/b26-25+/t46-,47-,48?,50-,51-,52+,53-,54-,56+,57-,58-,59-,60+/m1/s1. The Morgan fingerprint density at radius 1 is 0.546 bits per heavy atom. The first-order chi connectivity index (χ1) is 45.0. The Kier molecular flexibility index (Phi) is 35.4. The van der Waals surface area contributed by atoms with Gasteiger partial charge in [-0.2, -0.15) is 0 Å². The number of nitrogens with one attached hydrogen (secondary N) is 4. The molecule has 26 heteroatoms. The van der Waals surface area contributed by atoms with Gasteiger partial charge in [-0.25, -0.2) is 4.79 Å². The third-order valence-corrected chi connectivity index (χ3v) is 17.5. The van der Waals surface area contributed by atoms with Crippen LogP contribution in [0.3, 0.4) is 0 Å². The SMILES string of the molecule is C/C=C/C[C@@H](C)[C@@H](O)[C@@H]1C(=O)N[C@@H](C(C)OC(=S)Oc2ccccc2)C(=O)N(C)CC(=O)N(C)[C@@H](CC(C)C)C(=O)N[C@H](CC(C)C)C(=O)N(C)[C@H](CC(C)C)C(=O)N[C@H](C)C(=O)O[C@@H](C(C)C)C(=O)N(C)[C@H](CC(C)C)C(=O)N[C@H](CC(C)C)C(=O)N(C)[C@H](C(C)C)C(=O)N1C. The minimum atomic E-state index is -1.78. The summed E-state index contributed by atoms with van der Waals surface area (Å²) in [5, 5.41) is 23.1. The number of hydrogen-bond donors (Lipinski definition) is 5. The third kappa shape index (κ3) is 25.9. The van der Waals surface area contributed by atoms with Gasteiger partial charge in [0.1, 0.15) is 66.2 Å². The van der Waals surface area contributed by atoms with Crippen molar-refractivity contribution in [2.45, 2.75) is 236 Å². The lowest BCUT2D eigenvalue weighted by Gasteiger charge is -2.40. The van der Waals surface area contributed by atoms with E-state index in [-0.39, 0.29) is 73.9 Å². The van der Waals surface area contributed by atoms with Crippen LogP contribution in [0.2, 0.25) is 0 Å². The lowest BCUT2D eigenvalue weighted by Crippen LogP contribution is -2.64. The van der Waals surface area contributed by atoms with Gasteiger partial charge in [-0.15, -0.1) is 0 Å². The number of para-hydroxylation sites is 1. The summed E-state index contributed by atoms with van der Waals surface area (Å²) in [6, 6.07) is -4.05. The molecular formula is C71H118N10O15S. The number of nitrogens with zero attached hydrogens (tertiary/aromatic N) is 6. The number of carbonyl (C=O) groups is 11. The van der Waals surface area contributed by atoms with E-state index in [0.717, 1.165) is 9.80 Å². The van der Waals surface area contributed by atoms with E-state index in [1.807, 2.05) is 69.2 Å². The number of thiocarbonyl (C=S) groups is 1. The zero-order valence-electron chi connectivity index (χ0n) is 62.3. The zero-order chi connectivity index (χ0) is 74.4. The van der Waals surface area contributed by atoms with E-state index in [2.05, 4.69) is 21.3 Å². The van der Waals surface area contributed by atoms with E-state index >= 15 is 19.2 Å². The average Bonchev–Trinajstić information content (AvgIpc) is 0.810. The van der Waals surface area contributed by atoms with Gasteiger partial charge < -0.3 is 70.0 Å². The molecule has 10 amide bonds. The van der Waals surface area contributed by atoms with Crippen LogP contribution >= 0.6 is 12.2 Å². The molecule has 1 aromatic carbocycles. The Labute approximate surface area is 582 Å². The normalized spacial score (nSPS) is 25.2. The first kappa shape index (κ1) is 85.9. The summed E-state index contributed by atoms with van der Waals surface area (Å²) in [4.78, 5) is 171. The van der Waals surface area contributed by atoms with Crippen molar-refractivity contribution in [1.82, 2.24) is 50.7 Å². The quantitative estimate of drug-likeness (QED) is 0.0627. The number of ether oxygens (including phenoxy) is 3. The molecule has 1 aliphatic rings. The molecule has 0 radical (unpaired) electrons. The van der Waals surface area contributed by atoms with Crippen LogP contribution in [-0.2, 0) is 62.2 Å². The van der Waals surface area contributed by atoms with Crippen LogP contribution in [0.25, 0.3) is 0 Å². The van der Waals surface area contributed by atoms with E-state index in [9.17, 15) is 38.7 Å². The fraction of sp³-hybridized carbons (Fsp3) is 0.718. The van der Waals surface area contributed by atoms with Crippen molar-refractivity contribution in [1.29, 1.82) is 0 Å². The van der Waals surface area contributed by atoms with E-state index in [0.29, 0.717) is 0 Å². The van der Waals surface area contributed by atoms with E-state index < -0.39 is 167 Å². The van der Waals surface area contributed by atoms with Crippen molar-refractivity contribution in [3.63, 3.8) is 0 Å². The van der Waals surface area contributed by atoms with Gasteiger partial charge in [-0.3, -0.25) is 47.9 Å². The van der Waals surface area contributed by atoms with Crippen LogP contribution in [0.5, 0.6) is 5.75 Å². The lowest BCUT2D eigenvalue weighted by molar-refractivity contribution is -0.166. The van der Waals surface area contributed by atoms with Gasteiger partial charge in [0, 0.05) is 54.5 Å². The molecule has 25 nitrogen and oxygen atoms in total. The Bertz CT molecular complexity index is 2850. The van der Waals surface area contributed by atoms with Crippen molar-refractivity contribution in [2.24, 2.45) is 47.3 Å². The number of allylic oxidation sites excluding steroid dienone is 2. The molecule has 1 aliphatic heterocycles. The van der Waals surface area contributed by atoms with Crippen LogP contribution < -0.4 is 26.0 Å². The molecule has 2 rings (SSSR count). The van der Waals surface area contributed by atoms with Crippen LogP contribution in [-0.4, -0.2) is 226 Å². The fourth-order valence-corrected chi connectivity index (χ4v) is 11.9. The summed E-state index contributed by atoms with van der Waals surface area (Å²) < 4.78 is 17.7. The molecule has 5 N–H and O–H groups in total. The molecule has 1 fully saturated rings. The van der Waals surface area contributed by atoms with Crippen molar-refractivity contribution < 1.29 is 72.1 Å². The van der Waals surface area contributed by atoms with Gasteiger partial charge in [0.05, 0.1) is 12.6 Å². The predicted octanol–water partition coefficient (Wildman–Crippen LogP) is 5.74. The zero-order valence-corrected chi connectivity index (χ0v) is 63.1. The number of cyclic esters (lactones) is 1. The molecule has 1 unspecified atom stereocenters. The second-order valence-electron chi connectivity index (χ2n) is 29.0. The first-order valence-electron chi connectivity index (χ1n) is 34.2. The number of benzene rings is 1. The third-order valence-electron chi connectivity index (χ3n) is 17.3. The highest BCUT2D eigenvalue weighted by molar-refractivity contribution is 7.79. The number of aliphatic hydroxyl groups excluding tert-OH is 1. The molecule has 97 heavy (non-hydrogen) atoms. The second kappa shape index (κ2) is 40.0. The van der Waals surface area contributed by atoms with Crippen molar-refractivity contribution >= 4 is 82.5 Å². The summed E-state index contributed by atoms with van der Waals surface area (Å²) in [6.45, 7) is 30.7. The van der Waals surface area contributed by atoms with E-state index in [4.69, 9.17) is 26.4 Å². The molecule has 0 aliphatic carbocycles. The number of aliphatic hydroxyl groups is 1. The maximum atomic E-state index is 15.4. The lowest BCUT2D eigenvalue weighted by atomic mass is 9.91. The van der Waals surface area contributed by atoms with Gasteiger partial charge in [0.2, 0.25) is 53.2 Å². The fourth-order valence-electron chi connectivity index (χ4n) is 11.6. The summed E-state index contributed by atoms with van der Waals surface area (Å²) in [6.07, 6.45) is -0.269. The topological polar surface area (TPSA) is 303 Å². The highest BCUT2D eigenvalue weighted by Gasteiger charge is 2.46. The summed E-state index contributed by atoms with van der Waals surface area (Å²) in [7, 11) is 8.18. The highest BCUT2D eigenvalue weighted by atomic mass is 32.1. The van der Waals surface area contributed by atoms with Gasteiger partial charge in [0.25, 0.3) is 5.91 Å². The molecule has 0 spiro atoms. The predicted molar refractivity (Wildman–Crippen MR) is 375 cm³/mol. The molecule has 13 atom stereocenters. The molecule has 1 heterocycles. The number of esters is 1. The largest absolute Gasteiger partial charge is 0.451 e. The van der Waals surface area contributed by atoms with Crippen molar-refractivity contribution in [3.05, 3.63) is 42.5 Å². The van der Waals surface area contributed by atoms with Gasteiger partial charge in [-0.05, 0) is 119 Å². The minimum absolute atomic E-state index is 0.0672. The Balaban J connectivity index is 3.14. The van der Waals surface area contributed by atoms with Crippen molar-refractivity contribution in [2.75, 3.05) is 48.8 Å². The monoisotopic (exact) mass is 1380 g/mol. The maximum Gasteiger partial charge on any atom is 0.358 e. The number of likely N-dealkylation sites (N-methyl/N-ethyl adjacent to an activating group) is 6. The summed E-state index contributed by atoms with van der Waals surface area (Å²) in [5.74, 6) is -11.5. The highest BCUT2D eigenvalue weighted by Crippen LogP contribution is 2.26. The molecule has 0 aromatic heterocycles.